The van der Waals surface area contributed by atoms with Gasteiger partial charge in [0.05, 0.1) is 11.5 Å². The lowest BCUT2D eigenvalue weighted by molar-refractivity contribution is 0.101. The highest BCUT2D eigenvalue weighted by molar-refractivity contribution is 7.99. The van der Waals surface area contributed by atoms with Gasteiger partial charge in [0.25, 0.3) is 0 Å². The van der Waals surface area contributed by atoms with Crippen LogP contribution in [0, 0.1) is 16.7 Å². The number of nitrogens with zero attached hydrogens (tertiary/aromatic N) is 1. The first-order valence-electron chi connectivity index (χ1n) is 6.10. The smallest absolute Gasteiger partial charge is 0.159 e. The Kier molecular flexibility index (Phi) is 5.43. The van der Waals surface area contributed by atoms with E-state index in [1.165, 1.54) is 4.90 Å². The number of rotatable bonds is 6. The van der Waals surface area contributed by atoms with E-state index in [4.69, 9.17) is 5.26 Å². The van der Waals surface area contributed by atoms with Gasteiger partial charge in [0.2, 0.25) is 0 Å². The van der Waals surface area contributed by atoms with E-state index >= 15 is 0 Å². The van der Waals surface area contributed by atoms with Crippen LogP contribution in [-0.2, 0) is 0 Å². The van der Waals surface area contributed by atoms with Crippen LogP contribution in [0.1, 0.15) is 44.0 Å². The van der Waals surface area contributed by atoms with Crippen molar-refractivity contribution in [1.29, 1.82) is 5.26 Å². The van der Waals surface area contributed by atoms with Gasteiger partial charge in [-0.2, -0.15) is 5.26 Å². The fraction of sp³-hybridized carbons (Fsp3) is 0.467. The standard InChI is InChI=1S/C15H19NOS/c1-12(17)13-5-7-14(8-6-13)18-10-4-9-15(2,3)11-16/h5-8H,4,9-10H2,1-3H3. The molecule has 1 aromatic rings. The zero-order valence-electron chi connectivity index (χ0n) is 11.2. The molecule has 0 aliphatic heterocycles. The summed E-state index contributed by atoms with van der Waals surface area (Å²) in [7, 11) is 0. The number of hydrogen-bond acceptors (Lipinski definition) is 3. The van der Waals surface area contributed by atoms with E-state index in [0.717, 1.165) is 24.2 Å². The number of nitriles is 1. The Morgan fingerprint density at radius 2 is 1.94 bits per heavy atom. The minimum atomic E-state index is -0.223. The summed E-state index contributed by atoms with van der Waals surface area (Å²) in [5, 5.41) is 8.90. The molecule has 0 N–H and O–H groups in total. The predicted molar refractivity (Wildman–Crippen MR) is 75.8 cm³/mol. The van der Waals surface area contributed by atoms with Crippen molar-refractivity contribution in [3.8, 4) is 6.07 Å². The molecule has 0 spiro atoms. The van der Waals surface area contributed by atoms with Crippen molar-refractivity contribution >= 4 is 17.5 Å². The molecule has 0 aromatic heterocycles. The van der Waals surface area contributed by atoms with Gasteiger partial charge < -0.3 is 0 Å². The lowest BCUT2D eigenvalue weighted by Gasteiger charge is -2.13. The monoisotopic (exact) mass is 261 g/mol. The Morgan fingerprint density at radius 3 is 2.44 bits per heavy atom. The third-order valence-corrected chi connectivity index (χ3v) is 3.88. The van der Waals surface area contributed by atoms with Gasteiger partial charge in [-0.1, -0.05) is 12.1 Å². The van der Waals surface area contributed by atoms with E-state index in [0.29, 0.717) is 0 Å². The van der Waals surface area contributed by atoms with Gasteiger partial charge in [-0.25, -0.2) is 0 Å². The Bertz CT molecular complexity index is 443. The molecule has 0 saturated carbocycles. The SMILES string of the molecule is CC(=O)c1ccc(SCCCC(C)(C)C#N)cc1. The molecular weight excluding hydrogens is 242 g/mol. The van der Waals surface area contributed by atoms with Crippen molar-refractivity contribution in [2.75, 3.05) is 5.75 Å². The van der Waals surface area contributed by atoms with Crippen LogP contribution < -0.4 is 0 Å². The van der Waals surface area contributed by atoms with Crippen molar-refractivity contribution in [2.24, 2.45) is 5.41 Å². The lowest BCUT2D eigenvalue weighted by atomic mass is 9.90. The maximum atomic E-state index is 11.1. The highest BCUT2D eigenvalue weighted by atomic mass is 32.2. The first-order valence-corrected chi connectivity index (χ1v) is 7.08. The van der Waals surface area contributed by atoms with Crippen molar-refractivity contribution < 1.29 is 4.79 Å². The van der Waals surface area contributed by atoms with Crippen molar-refractivity contribution in [1.82, 2.24) is 0 Å². The third kappa shape index (κ3) is 4.93. The maximum absolute atomic E-state index is 11.1. The number of ketones is 1. The van der Waals surface area contributed by atoms with Gasteiger partial charge in [-0.15, -0.1) is 11.8 Å². The fourth-order valence-electron chi connectivity index (χ4n) is 1.55. The van der Waals surface area contributed by atoms with E-state index in [-0.39, 0.29) is 11.2 Å². The largest absolute Gasteiger partial charge is 0.295 e. The number of carbonyl (C=O) groups excluding carboxylic acids is 1. The van der Waals surface area contributed by atoms with Crippen molar-refractivity contribution in [3.05, 3.63) is 29.8 Å². The topological polar surface area (TPSA) is 40.9 Å². The summed E-state index contributed by atoms with van der Waals surface area (Å²) in [6, 6.07) is 10.0. The first-order chi connectivity index (χ1) is 8.44. The van der Waals surface area contributed by atoms with Gasteiger partial charge in [0, 0.05) is 10.5 Å². The average molecular weight is 261 g/mol. The number of carbonyl (C=O) groups is 1. The van der Waals surface area contributed by atoms with Crippen LogP contribution in [0.5, 0.6) is 0 Å². The molecule has 0 aliphatic rings. The van der Waals surface area contributed by atoms with E-state index < -0.39 is 0 Å². The summed E-state index contributed by atoms with van der Waals surface area (Å²) >= 11 is 1.77. The van der Waals surface area contributed by atoms with Crippen LogP contribution in [0.15, 0.2) is 29.2 Å². The second-order valence-corrected chi connectivity index (χ2v) is 6.20. The Morgan fingerprint density at radius 1 is 1.33 bits per heavy atom. The molecule has 0 aliphatic carbocycles. The highest BCUT2D eigenvalue weighted by Gasteiger charge is 2.15. The van der Waals surface area contributed by atoms with Crippen LogP contribution in [0.3, 0.4) is 0 Å². The summed E-state index contributed by atoms with van der Waals surface area (Å²) < 4.78 is 0. The molecule has 3 heteroatoms. The first kappa shape index (κ1) is 14.8. The minimum absolute atomic E-state index is 0.0994. The summed E-state index contributed by atoms with van der Waals surface area (Å²) in [6.45, 7) is 5.52. The van der Waals surface area contributed by atoms with Crippen LogP contribution in [0.2, 0.25) is 0 Å². The van der Waals surface area contributed by atoms with E-state index in [9.17, 15) is 4.79 Å². The molecule has 1 aromatic carbocycles. The van der Waals surface area contributed by atoms with Gasteiger partial charge in [0.15, 0.2) is 5.78 Å². The van der Waals surface area contributed by atoms with E-state index in [1.807, 2.05) is 38.1 Å². The lowest BCUT2D eigenvalue weighted by Crippen LogP contribution is -2.07. The molecule has 96 valence electrons. The molecule has 0 fully saturated rings. The van der Waals surface area contributed by atoms with Crippen LogP contribution in [0.4, 0.5) is 0 Å². The number of benzene rings is 1. The molecular formula is C15H19NOS. The molecule has 1 rings (SSSR count). The maximum Gasteiger partial charge on any atom is 0.159 e. The van der Waals surface area contributed by atoms with E-state index in [2.05, 4.69) is 6.07 Å². The molecule has 0 atom stereocenters. The summed E-state index contributed by atoms with van der Waals surface area (Å²) in [6.07, 6.45) is 1.95. The normalized spacial score (nSPS) is 11.0. The molecule has 0 heterocycles. The molecule has 0 saturated heterocycles. The molecule has 0 radical (unpaired) electrons. The zero-order chi connectivity index (χ0) is 13.6. The number of hydrogen-bond donors (Lipinski definition) is 0. The van der Waals surface area contributed by atoms with Crippen LogP contribution in [-0.4, -0.2) is 11.5 Å². The van der Waals surface area contributed by atoms with Gasteiger partial charge in [-0.3, -0.25) is 4.79 Å². The zero-order valence-corrected chi connectivity index (χ0v) is 12.0. The number of thioether (sulfide) groups is 1. The predicted octanol–water partition coefficient (Wildman–Crippen LogP) is 4.31. The summed E-state index contributed by atoms with van der Waals surface area (Å²) in [4.78, 5) is 12.3. The average Bonchev–Trinajstić information content (AvgIpc) is 2.35. The Hall–Kier alpha value is -1.27. The molecule has 0 amide bonds. The van der Waals surface area contributed by atoms with Gasteiger partial charge in [-0.05, 0) is 51.5 Å². The minimum Gasteiger partial charge on any atom is -0.295 e. The van der Waals surface area contributed by atoms with Crippen molar-refractivity contribution in [2.45, 2.75) is 38.5 Å². The Labute approximate surface area is 113 Å². The van der Waals surface area contributed by atoms with Gasteiger partial charge in [0.1, 0.15) is 0 Å². The Balaban J connectivity index is 2.37. The van der Waals surface area contributed by atoms with Gasteiger partial charge >= 0.3 is 0 Å². The highest BCUT2D eigenvalue weighted by Crippen LogP contribution is 2.25. The molecule has 0 unspecified atom stereocenters. The molecule has 18 heavy (non-hydrogen) atoms. The second-order valence-electron chi connectivity index (χ2n) is 5.03. The van der Waals surface area contributed by atoms with Crippen molar-refractivity contribution in [3.63, 3.8) is 0 Å². The summed E-state index contributed by atoms with van der Waals surface area (Å²) in [5.41, 5.74) is 0.531. The van der Waals surface area contributed by atoms with E-state index in [1.54, 1.807) is 18.7 Å². The van der Waals surface area contributed by atoms with Crippen LogP contribution >= 0.6 is 11.8 Å². The second kappa shape index (κ2) is 6.61. The van der Waals surface area contributed by atoms with Crippen LogP contribution in [0.25, 0.3) is 0 Å². The number of Topliss-reactive ketones (excluding diaryl/α,β-unsaturated/α-hetero) is 1. The molecule has 0 bridgehead atoms. The molecule has 2 nitrogen and oxygen atoms in total. The quantitative estimate of drug-likeness (QED) is 0.435. The fourth-order valence-corrected chi connectivity index (χ4v) is 2.40. The third-order valence-electron chi connectivity index (χ3n) is 2.78. The summed E-state index contributed by atoms with van der Waals surface area (Å²) in [5.74, 6) is 1.10.